The first kappa shape index (κ1) is 64.4. The van der Waals surface area contributed by atoms with Gasteiger partial charge in [-0.2, -0.15) is 0 Å². The average molecular weight is 934 g/mol. The van der Waals surface area contributed by atoms with Crippen molar-refractivity contribution in [2.24, 2.45) is 5.92 Å². The largest absolute Gasteiger partial charge is 0.462 e. The fraction of sp³-hybridized carbons (Fsp3) is 0.950. The third-order valence-electron chi connectivity index (χ3n) is 13.8. The van der Waals surface area contributed by atoms with E-state index in [4.69, 9.17) is 14.2 Å². The van der Waals surface area contributed by atoms with Gasteiger partial charge >= 0.3 is 17.9 Å². The van der Waals surface area contributed by atoms with Gasteiger partial charge in [-0.1, -0.05) is 304 Å². The van der Waals surface area contributed by atoms with E-state index in [1.807, 2.05) is 0 Å². The molecule has 0 aliphatic rings. The molecule has 66 heavy (non-hydrogen) atoms. The van der Waals surface area contributed by atoms with Crippen molar-refractivity contribution in [3.63, 3.8) is 0 Å². The van der Waals surface area contributed by atoms with Crippen molar-refractivity contribution < 1.29 is 28.6 Å². The van der Waals surface area contributed by atoms with Gasteiger partial charge in [0.1, 0.15) is 13.2 Å². The molecule has 0 heterocycles. The summed E-state index contributed by atoms with van der Waals surface area (Å²) in [5.74, 6) is -0.0267. The Labute approximate surface area is 412 Å². The van der Waals surface area contributed by atoms with Gasteiger partial charge in [-0.3, -0.25) is 14.4 Å². The number of unbranched alkanes of at least 4 members (excludes halogenated alkanes) is 42. The first-order valence-electron chi connectivity index (χ1n) is 29.9. The van der Waals surface area contributed by atoms with Crippen LogP contribution in [-0.2, 0) is 28.6 Å². The fourth-order valence-corrected chi connectivity index (χ4v) is 9.28. The van der Waals surface area contributed by atoms with Crippen LogP contribution < -0.4 is 0 Å². The molecule has 392 valence electrons. The van der Waals surface area contributed by atoms with Crippen LogP contribution in [0.4, 0.5) is 0 Å². The van der Waals surface area contributed by atoms with Gasteiger partial charge in [0.2, 0.25) is 0 Å². The zero-order valence-electron chi connectivity index (χ0n) is 45.2. The predicted octanol–water partition coefficient (Wildman–Crippen LogP) is 19.8. The van der Waals surface area contributed by atoms with Crippen LogP contribution >= 0.6 is 0 Å². The van der Waals surface area contributed by atoms with Crippen molar-refractivity contribution in [1.82, 2.24) is 0 Å². The van der Waals surface area contributed by atoms with E-state index in [-0.39, 0.29) is 31.1 Å². The maximum absolute atomic E-state index is 12.9. The second kappa shape index (κ2) is 54.4. The molecule has 0 amide bonds. The summed E-state index contributed by atoms with van der Waals surface area (Å²) in [5, 5.41) is 0. The van der Waals surface area contributed by atoms with E-state index in [1.54, 1.807) is 0 Å². The lowest BCUT2D eigenvalue weighted by Crippen LogP contribution is -2.30. The fourth-order valence-electron chi connectivity index (χ4n) is 9.28. The van der Waals surface area contributed by atoms with E-state index in [0.717, 1.165) is 63.7 Å². The van der Waals surface area contributed by atoms with Crippen molar-refractivity contribution in [2.75, 3.05) is 13.2 Å². The van der Waals surface area contributed by atoms with Gasteiger partial charge < -0.3 is 14.2 Å². The number of carbonyl (C=O) groups excluding carboxylic acids is 3. The molecule has 0 bridgehead atoms. The Bertz CT molecular complexity index is 996. The van der Waals surface area contributed by atoms with Crippen LogP contribution in [-0.4, -0.2) is 37.2 Å². The molecule has 0 aromatic heterocycles. The van der Waals surface area contributed by atoms with E-state index in [0.29, 0.717) is 19.3 Å². The lowest BCUT2D eigenvalue weighted by molar-refractivity contribution is -0.167. The lowest BCUT2D eigenvalue weighted by atomic mass is 10.0. The number of hydrogen-bond acceptors (Lipinski definition) is 6. The van der Waals surface area contributed by atoms with Crippen molar-refractivity contribution in [3.8, 4) is 0 Å². The molecule has 0 aromatic carbocycles. The van der Waals surface area contributed by atoms with Gasteiger partial charge in [-0.25, -0.2) is 0 Å². The topological polar surface area (TPSA) is 78.9 Å². The summed E-state index contributed by atoms with van der Waals surface area (Å²) < 4.78 is 16.9. The van der Waals surface area contributed by atoms with Crippen LogP contribution in [0.2, 0.25) is 0 Å². The highest BCUT2D eigenvalue weighted by Crippen LogP contribution is 2.18. The van der Waals surface area contributed by atoms with Crippen molar-refractivity contribution in [2.45, 2.75) is 348 Å². The molecule has 1 atom stereocenters. The Kier molecular flexibility index (Phi) is 53.0. The molecule has 0 fully saturated rings. The summed E-state index contributed by atoms with van der Waals surface area (Å²) in [7, 11) is 0. The molecule has 0 spiro atoms. The van der Waals surface area contributed by atoms with Gasteiger partial charge in [-0.15, -0.1) is 0 Å². The molecule has 6 nitrogen and oxygen atoms in total. The predicted molar refractivity (Wildman–Crippen MR) is 284 cm³/mol. The van der Waals surface area contributed by atoms with Gasteiger partial charge in [0, 0.05) is 19.3 Å². The monoisotopic (exact) mass is 933 g/mol. The van der Waals surface area contributed by atoms with Crippen molar-refractivity contribution in [1.29, 1.82) is 0 Å². The molecule has 6 heteroatoms. The van der Waals surface area contributed by atoms with E-state index in [2.05, 4.69) is 27.7 Å². The second-order valence-electron chi connectivity index (χ2n) is 21.1. The van der Waals surface area contributed by atoms with Crippen LogP contribution in [0.5, 0.6) is 0 Å². The molecule has 0 saturated heterocycles. The molecular formula is C60H116O6. The van der Waals surface area contributed by atoms with Crippen LogP contribution in [0.1, 0.15) is 342 Å². The summed E-state index contributed by atoms with van der Waals surface area (Å²) in [6.07, 6.45) is 59.6. The van der Waals surface area contributed by atoms with E-state index in [1.165, 1.54) is 238 Å². The van der Waals surface area contributed by atoms with Crippen molar-refractivity contribution >= 4 is 17.9 Å². The summed E-state index contributed by atoms with van der Waals surface area (Å²) in [6, 6.07) is 0. The summed E-state index contributed by atoms with van der Waals surface area (Å²) >= 11 is 0. The molecule has 0 saturated carbocycles. The van der Waals surface area contributed by atoms with Gasteiger partial charge in [0.05, 0.1) is 0 Å². The quantitative estimate of drug-likeness (QED) is 0.0343. The lowest BCUT2D eigenvalue weighted by Gasteiger charge is -2.18. The molecule has 0 unspecified atom stereocenters. The highest BCUT2D eigenvalue weighted by Gasteiger charge is 2.19. The molecule has 0 aliphatic heterocycles. The molecular weight excluding hydrogens is 817 g/mol. The molecule has 0 aromatic rings. The minimum absolute atomic E-state index is 0.0620. The summed E-state index contributed by atoms with van der Waals surface area (Å²) in [4.78, 5) is 38.2. The maximum Gasteiger partial charge on any atom is 0.306 e. The molecule has 0 aliphatic carbocycles. The normalized spacial score (nSPS) is 12.0. The first-order valence-corrected chi connectivity index (χ1v) is 29.9. The Morgan fingerprint density at radius 3 is 0.742 bits per heavy atom. The van der Waals surface area contributed by atoms with Crippen LogP contribution in [0.3, 0.4) is 0 Å². The zero-order chi connectivity index (χ0) is 48.1. The Balaban J connectivity index is 4.26. The van der Waals surface area contributed by atoms with Crippen molar-refractivity contribution in [3.05, 3.63) is 0 Å². The number of rotatable bonds is 55. The second-order valence-corrected chi connectivity index (χ2v) is 21.1. The minimum atomic E-state index is -0.762. The third-order valence-corrected chi connectivity index (χ3v) is 13.8. The average Bonchev–Trinajstić information content (AvgIpc) is 3.30. The highest BCUT2D eigenvalue weighted by molar-refractivity contribution is 5.71. The Morgan fingerprint density at radius 1 is 0.288 bits per heavy atom. The number of carbonyl (C=O) groups is 3. The van der Waals surface area contributed by atoms with Crippen LogP contribution in [0.15, 0.2) is 0 Å². The molecule has 0 radical (unpaired) electrons. The van der Waals surface area contributed by atoms with Crippen LogP contribution in [0.25, 0.3) is 0 Å². The van der Waals surface area contributed by atoms with Gasteiger partial charge in [0.15, 0.2) is 6.10 Å². The summed E-state index contributed by atoms with van der Waals surface area (Å²) in [6.45, 7) is 9.04. The number of hydrogen-bond donors (Lipinski definition) is 0. The van der Waals surface area contributed by atoms with Crippen LogP contribution in [0, 0.1) is 5.92 Å². The van der Waals surface area contributed by atoms with E-state index in [9.17, 15) is 14.4 Å². The van der Waals surface area contributed by atoms with E-state index < -0.39 is 6.10 Å². The summed E-state index contributed by atoms with van der Waals surface area (Å²) in [5.41, 5.74) is 0. The number of esters is 3. The molecule has 0 rings (SSSR count). The molecule has 0 N–H and O–H groups in total. The number of ether oxygens (including phenoxy) is 3. The standard InChI is InChI=1S/C60H116O6/c1-5-7-9-11-13-15-17-19-21-23-24-26-28-30-32-36-41-45-49-53-60(63)66-57(55-65-59(62)52-48-44-40-37-33-34-38-42-46-50-56(3)4)54-64-58(61)51-47-43-39-35-31-29-27-25-22-20-18-16-14-12-10-8-6-2/h56-57H,5-55H2,1-4H3/t57-/m0/s1. The minimum Gasteiger partial charge on any atom is -0.462 e. The van der Waals surface area contributed by atoms with E-state index >= 15 is 0 Å². The Morgan fingerprint density at radius 2 is 0.500 bits per heavy atom. The highest BCUT2D eigenvalue weighted by atomic mass is 16.6. The zero-order valence-corrected chi connectivity index (χ0v) is 45.2. The first-order chi connectivity index (χ1) is 32.4. The Hall–Kier alpha value is -1.59. The SMILES string of the molecule is CCCCCCCCCCCCCCCCCCCCCC(=O)O[C@@H](COC(=O)CCCCCCCCCCCCCCCCCCC)COC(=O)CCCCCCCCCCCC(C)C. The van der Waals surface area contributed by atoms with Gasteiger partial charge in [-0.05, 0) is 25.2 Å². The smallest absolute Gasteiger partial charge is 0.306 e. The maximum atomic E-state index is 12.9. The van der Waals surface area contributed by atoms with Gasteiger partial charge in [0.25, 0.3) is 0 Å². The third kappa shape index (κ3) is 53.4.